The summed E-state index contributed by atoms with van der Waals surface area (Å²) in [6, 6.07) is 9.62. The van der Waals surface area contributed by atoms with Gasteiger partial charge in [-0.25, -0.2) is 14.1 Å². The van der Waals surface area contributed by atoms with Gasteiger partial charge in [0.1, 0.15) is 0 Å². The van der Waals surface area contributed by atoms with Crippen molar-refractivity contribution in [1.29, 1.82) is 0 Å². The van der Waals surface area contributed by atoms with E-state index in [0.717, 1.165) is 11.9 Å². The van der Waals surface area contributed by atoms with Crippen LogP contribution in [-0.4, -0.2) is 66.9 Å². The minimum absolute atomic E-state index is 0.000663. The fraction of sp³-hybridized carbons (Fsp3) is 0.182. The molecule has 2 unspecified atom stereocenters. The van der Waals surface area contributed by atoms with Crippen LogP contribution in [0.3, 0.4) is 0 Å². The Hall–Kier alpha value is -4.41. The highest BCUT2D eigenvalue weighted by Crippen LogP contribution is 2.32. The van der Waals surface area contributed by atoms with E-state index >= 15 is 0 Å². The van der Waals surface area contributed by atoms with E-state index in [9.17, 15) is 14.0 Å². The lowest BCUT2D eigenvalue weighted by molar-refractivity contribution is -0.125. The molecule has 1 saturated heterocycles. The second-order valence-corrected chi connectivity index (χ2v) is 7.94. The molecule has 1 fully saturated rings. The fourth-order valence-corrected chi connectivity index (χ4v) is 4.49. The fourth-order valence-electron chi connectivity index (χ4n) is 4.49. The molecular weight excluding hydrogens is 427 g/mol. The van der Waals surface area contributed by atoms with Crippen LogP contribution >= 0.6 is 0 Å². The number of hydrazone groups is 1. The number of halogens is 1. The monoisotopic (exact) mass is 444 g/mol. The maximum atomic E-state index is 14.7. The maximum Gasteiger partial charge on any atom is 0.295 e. The number of pyridine rings is 1. The van der Waals surface area contributed by atoms with Crippen LogP contribution in [0, 0.1) is 11.7 Å². The van der Waals surface area contributed by atoms with Crippen LogP contribution in [0.4, 0.5) is 10.1 Å². The molecule has 0 bridgehead atoms. The van der Waals surface area contributed by atoms with Crippen molar-refractivity contribution in [2.45, 2.75) is 6.04 Å². The smallest absolute Gasteiger partial charge is 0.295 e. The molecule has 0 spiro atoms. The number of anilines is 1. The van der Waals surface area contributed by atoms with Crippen LogP contribution in [0.25, 0.3) is 16.7 Å². The molecule has 164 valence electrons. The molecule has 2 aliphatic rings. The summed E-state index contributed by atoms with van der Waals surface area (Å²) in [5, 5.41) is 14.0. The minimum atomic E-state index is -0.779. The van der Waals surface area contributed by atoms with Crippen molar-refractivity contribution in [1.82, 2.24) is 29.9 Å². The summed E-state index contributed by atoms with van der Waals surface area (Å²) in [4.78, 5) is 34.7. The van der Waals surface area contributed by atoms with Crippen LogP contribution in [0.2, 0.25) is 0 Å². The second kappa shape index (κ2) is 7.33. The number of benzene rings is 1. The van der Waals surface area contributed by atoms with Crippen molar-refractivity contribution >= 4 is 34.5 Å². The van der Waals surface area contributed by atoms with Gasteiger partial charge in [-0.2, -0.15) is 5.10 Å². The number of para-hydroxylation sites is 1. The Labute approximate surface area is 186 Å². The van der Waals surface area contributed by atoms with Gasteiger partial charge in [0, 0.05) is 31.4 Å². The molecule has 0 saturated carbocycles. The molecule has 5 heterocycles. The predicted octanol–water partition coefficient (Wildman–Crippen LogP) is 1.80. The van der Waals surface area contributed by atoms with Crippen LogP contribution in [0.15, 0.2) is 60.2 Å². The molecule has 3 aromatic heterocycles. The summed E-state index contributed by atoms with van der Waals surface area (Å²) in [6.07, 6.45) is 7.17. The van der Waals surface area contributed by atoms with Crippen LogP contribution < -0.4 is 5.01 Å². The van der Waals surface area contributed by atoms with Gasteiger partial charge < -0.3 is 9.88 Å². The average Bonchev–Trinajstić information content (AvgIpc) is 3.63. The summed E-state index contributed by atoms with van der Waals surface area (Å²) in [7, 11) is 0. The van der Waals surface area contributed by atoms with Crippen molar-refractivity contribution in [3.8, 4) is 5.82 Å². The Morgan fingerprint density at radius 1 is 1.15 bits per heavy atom. The van der Waals surface area contributed by atoms with Crippen molar-refractivity contribution in [2.24, 2.45) is 11.0 Å². The highest BCUT2D eigenvalue weighted by atomic mass is 19.1. The third kappa shape index (κ3) is 3.00. The number of aromatic amines is 1. The molecule has 0 aliphatic carbocycles. The van der Waals surface area contributed by atoms with Gasteiger partial charge in [-0.3, -0.25) is 14.6 Å². The maximum absolute atomic E-state index is 14.7. The first-order chi connectivity index (χ1) is 16.1. The second-order valence-electron chi connectivity index (χ2n) is 7.94. The molecule has 1 N–H and O–H groups in total. The molecule has 33 heavy (non-hydrogen) atoms. The highest BCUT2D eigenvalue weighted by Gasteiger charge is 2.43. The van der Waals surface area contributed by atoms with E-state index in [1.54, 1.807) is 6.20 Å². The van der Waals surface area contributed by atoms with Crippen LogP contribution in [0.1, 0.15) is 10.4 Å². The lowest BCUT2D eigenvalue weighted by Crippen LogP contribution is -2.38. The number of carbonyl (C=O) groups is 2. The van der Waals surface area contributed by atoms with Gasteiger partial charge >= 0.3 is 0 Å². The van der Waals surface area contributed by atoms with Gasteiger partial charge in [0.2, 0.25) is 0 Å². The third-order valence-electron chi connectivity index (χ3n) is 6.06. The predicted molar refractivity (Wildman–Crippen MR) is 117 cm³/mol. The number of nitrogens with zero attached hydrogens (tertiary/aromatic N) is 7. The first-order valence-electron chi connectivity index (χ1n) is 10.4. The normalized spacial score (nSPS) is 19.4. The quantitative estimate of drug-likeness (QED) is 0.379. The standard InChI is InChI=1S/C22H17FN8O2/c23-16-10-25-21(30-7-6-26-28-30)19-18(16)15(9-24-19)20(32)22(33)29-11-13-8-27-31(17(13)12-29)14-4-2-1-3-5-14/h1-10,13,17,24H,11-12H2. The number of carbonyl (C=O) groups excluding carboxylic acids is 2. The summed E-state index contributed by atoms with van der Waals surface area (Å²) in [5.41, 5.74) is 1.15. The Morgan fingerprint density at radius 3 is 2.79 bits per heavy atom. The molecule has 1 aromatic carbocycles. The van der Waals surface area contributed by atoms with Gasteiger partial charge in [-0.05, 0) is 12.1 Å². The molecule has 2 aliphatic heterocycles. The molecule has 4 aromatic rings. The number of nitrogens with one attached hydrogen (secondary N) is 1. The average molecular weight is 444 g/mol. The lowest BCUT2D eigenvalue weighted by atomic mass is 10.1. The summed E-state index contributed by atoms with van der Waals surface area (Å²) >= 11 is 0. The zero-order valence-corrected chi connectivity index (χ0v) is 17.2. The number of hydrogen-bond donors (Lipinski definition) is 1. The van der Waals surface area contributed by atoms with E-state index in [1.165, 1.54) is 22.0 Å². The molecular formula is C22H17FN8O2. The SMILES string of the molecule is O=C(C(=O)N1CC2C=NN(c3ccccc3)C2C1)c1c[nH]c2c(-n3ccnn3)ncc(F)c12. The number of hydrogen-bond acceptors (Lipinski definition) is 7. The largest absolute Gasteiger partial charge is 0.357 e. The Morgan fingerprint density at radius 2 is 2.00 bits per heavy atom. The topological polar surface area (TPSA) is 112 Å². The molecule has 6 rings (SSSR count). The van der Waals surface area contributed by atoms with Gasteiger partial charge in [0.05, 0.1) is 46.8 Å². The molecule has 0 radical (unpaired) electrons. The molecule has 11 heteroatoms. The number of rotatable bonds is 4. The first-order valence-corrected chi connectivity index (χ1v) is 10.4. The number of Topliss-reactive ketones (excluding diaryl/α,β-unsaturated/α-hetero) is 1. The van der Waals surface area contributed by atoms with E-state index in [-0.39, 0.29) is 34.2 Å². The van der Waals surface area contributed by atoms with Crippen LogP contribution in [-0.2, 0) is 4.79 Å². The van der Waals surface area contributed by atoms with E-state index in [4.69, 9.17) is 0 Å². The van der Waals surface area contributed by atoms with E-state index in [1.807, 2.05) is 41.6 Å². The number of fused-ring (bicyclic) bond motifs is 2. The van der Waals surface area contributed by atoms with E-state index in [2.05, 4.69) is 25.4 Å². The van der Waals surface area contributed by atoms with Crippen molar-refractivity contribution < 1.29 is 14.0 Å². The number of amides is 1. The zero-order valence-electron chi connectivity index (χ0n) is 17.2. The van der Waals surface area contributed by atoms with Crippen molar-refractivity contribution in [3.63, 3.8) is 0 Å². The number of likely N-dealkylation sites (tertiary alicyclic amines) is 1. The molecule has 2 atom stereocenters. The Balaban J connectivity index is 1.28. The highest BCUT2D eigenvalue weighted by molar-refractivity contribution is 6.45. The summed E-state index contributed by atoms with van der Waals surface area (Å²) in [5.74, 6) is -1.86. The van der Waals surface area contributed by atoms with Gasteiger partial charge in [0.25, 0.3) is 11.7 Å². The Bertz CT molecular complexity index is 1400. The summed E-state index contributed by atoms with van der Waals surface area (Å²) in [6.45, 7) is 0.722. The van der Waals surface area contributed by atoms with Crippen molar-refractivity contribution in [3.05, 3.63) is 66.5 Å². The zero-order chi connectivity index (χ0) is 22.5. The molecule has 1 amide bonds. The summed E-state index contributed by atoms with van der Waals surface area (Å²) < 4.78 is 16.1. The van der Waals surface area contributed by atoms with Gasteiger partial charge in [-0.15, -0.1) is 5.10 Å². The Kier molecular flexibility index (Phi) is 4.28. The lowest BCUT2D eigenvalue weighted by Gasteiger charge is -2.23. The minimum Gasteiger partial charge on any atom is -0.357 e. The van der Waals surface area contributed by atoms with E-state index < -0.39 is 17.5 Å². The van der Waals surface area contributed by atoms with Crippen LogP contribution in [0.5, 0.6) is 0 Å². The number of H-pyrrole nitrogens is 1. The number of aromatic nitrogens is 5. The molecule has 10 nitrogen and oxygen atoms in total. The van der Waals surface area contributed by atoms with Crippen molar-refractivity contribution in [2.75, 3.05) is 18.1 Å². The first kappa shape index (κ1) is 19.3. The number of ketones is 1. The third-order valence-corrected chi connectivity index (χ3v) is 6.06. The van der Waals surface area contributed by atoms with E-state index in [0.29, 0.717) is 13.1 Å². The van der Waals surface area contributed by atoms with Gasteiger partial charge in [0.15, 0.2) is 11.6 Å². The van der Waals surface area contributed by atoms with Gasteiger partial charge in [-0.1, -0.05) is 23.4 Å².